The number of hydrogen-bond donors (Lipinski definition) is 0. The lowest BCUT2D eigenvalue weighted by Gasteiger charge is -2.27. The van der Waals surface area contributed by atoms with Crippen LogP contribution in [0.4, 0.5) is 0 Å². The summed E-state index contributed by atoms with van der Waals surface area (Å²) in [6, 6.07) is 8.77. The highest BCUT2D eigenvalue weighted by Crippen LogP contribution is 2.31. The molecule has 0 aromatic heterocycles. The zero-order valence-corrected chi connectivity index (χ0v) is 12.6. The Morgan fingerprint density at radius 3 is 2.00 bits per heavy atom. The summed E-state index contributed by atoms with van der Waals surface area (Å²) in [5.41, 5.74) is -0.999. The lowest BCUT2D eigenvalue weighted by molar-refractivity contribution is -0.164. The maximum Gasteiger partial charge on any atom is 0.329 e. The predicted octanol–water partition coefficient (Wildman–Crippen LogP) is 2.46. The summed E-state index contributed by atoms with van der Waals surface area (Å²) in [6.45, 7) is 5.43. The minimum atomic E-state index is -1.53. The van der Waals surface area contributed by atoms with Crippen LogP contribution in [0.1, 0.15) is 32.8 Å². The van der Waals surface area contributed by atoms with Gasteiger partial charge >= 0.3 is 11.9 Å². The summed E-state index contributed by atoms with van der Waals surface area (Å²) in [6.07, 6.45) is 0.0329. The smallest absolute Gasteiger partial charge is 0.329 e. The summed E-state index contributed by atoms with van der Waals surface area (Å²) in [5.74, 6) is 4.28. The Labute approximate surface area is 125 Å². The van der Waals surface area contributed by atoms with Gasteiger partial charge in [-0.3, -0.25) is 9.59 Å². The van der Waals surface area contributed by atoms with Crippen molar-refractivity contribution in [1.82, 2.24) is 0 Å². The molecule has 0 amide bonds. The van der Waals surface area contributed by atoms with Gasteiger partial charge in [0.2, 0.25) is 5.41 Å². The molecule has 4 heteroatoms. The third kappa shape index (κ3) is 3.63. The van der Waals surface area contributed by atoms with Gasteiger partial charge in [0.1, 0.15) is 0 Å². The fraction of sp³-hybridized carbons (Fsp3) is 0.412. The van der Waals surface area contributed by atoms with Crippen molar-refractivity contribution in [1.29, 1.82) is 0 Å². The van der Waals surface area contributed by atoms with Gasteiger partial charge in [0.15, 0.2) is 0 Å². The molecule has 1 aromatic carbocycles. The fourth-order valence-corrected chi connectivity index (χ4v) is 2.02. The molecule has 21 heavy (non-hydrogen) atoms. The van der Waals surface area contributed by atoms with E-state index < -0.39 is 17.4 Å². The Hall–Kier alpha value is -2.28. The number of benzene rings is 1. The highest BCUT2D eigenvalue weighted by molar-refractivity contribution is 6.06. The van der Waals surface area contributed by atoms with Crippen molar-refractivity contribution in [2.24, 2.45) is 0 Å². The third-order valence-corrected chi connectivity index (χ3v) is 3.04. The molecule has 0 aliphatic carbocycles. The van der Waals surface area contributed by atoms with Crippen molar-refractivity contribution in [2.75, 3.05) is 13.2 Å². The molecule has 0 N–H and O–H groups in total. The molecule has 0 bridgehead atoms. The molecule has 4 nitrogen and oxygen atoms in total. The quantitative estimate of drug-likeness (QED) is 0.458. The molecule has 0 unspecified atom stereocenters. The molecule has 1 rings (SSSR count). The standard InChI is InChI=1S/C17H20O4/c1-4-7-13-17(15(18)20-5-2,16(19)21-6-3)14-11-9-8-10-12-14/h8-12H,5-6,13H2,1-3H3. The fourth-order valence-electron chi connectivity index (χ4n) is 2.02. The normalized spacial score (nSPS) is 10.2. The number of hydrogen-bond acceptors (Lipinski definition) is 4. The highest BCUT2D eigenvalue weighted by atomic mass is 16.6. The Balaban J connectivity index is 3.42. The van der Waals surface area contributed by atoms with E-state index in [9.17, 15) is 9.59 Å². The monoisotopic (exact) mass is 288 g/mol. The summed E-state index contributed by atoms with van der Waals surface area (Å²) < 4.78 is 10.2. The summed E-state index contributed by atoms with van der Waals surface area (Å²) in [7, 11) is 0. The molecular formula is C17H20O4. The average molecular weight is 288 g/mol. The number of rotatable bonds is 6. The lowest BCUT2D eigenvalue weighted by atomic mass is 9.77. The molecule has 0 fully saturated rings. The Morgan fingerprint density at radius 2 is 1.57 bits per heavy atom. The van der Waals surface area contributed by atoms with E-state index in [2.05, 4.69) is 11.8 Å². The second kappa shape index (κ2) is 8.11. The van der Waals surface area contributed by atoms with E-state index in [4.69, 9.17) is 9.47 Å². The number of carbonyl (C=O) groups is 2. The zero-order valence-electron chi connectivity index (χ0n) is 12.6. The SMILES string of the molecule is CC#CCC(C(=O)OCC)(C(=O)OCC)c1ccccc1. The van der Waals surface area contributed by atoms with Crippen LogP contribution in [0.25, 0.3) is 0 Å². The number of carbonyl (C=O) groups excluding carboxylic acids is 2. The van der Waals surface area contributed by atoms with Crippen molar-refractivity contribution in [3.05, 3.63) is 35.9 Å². The van der Waals surface area contributed by atoms with Crippen LogP contribution in [0.3, 0.4) is 0 Å². The molecule has 0 atom stereocenters. The first-order valence-electron chi connectivity index (χ1n) is 6.93. The van der Waals surface area contributed by atoms with Crippen LogP contribution >= 0.6 is 0 Å². The van der Waals surface area contributed by atoms with Gasteiger partial charge in [-0.25, -0.2) is 0 Å². The maximum absolute atomic E-state index is 12.5. The summed E-state index contributed by atoms with van der Waals surface area (Å²) in [5, 5.41) is 0. The van der Waals surface area contributed by atoms with Gasteiger partial charge < -0.3 is 9.47 Å². The van der Waals surface area contributed by atoms with Crippen LogP contribution in [0.2, 0.25) is 0 Å². The number of esters is 2. The van der Waals surface area contributed by atoms with E-state index in [0.29, 0.717) is 5.56 Å². The van der Waals surface area contributed by atoms with Crippen molar-refractivity contribution in [3.63, 3.8) is 0 Å². The van der Waals surface area contributed by atoms with Gasteiger partial charge in [-0.1, -0.05) is 30.3 Å². The Kier molecular flexibility index (Phi) is 6.48. The van der Waals surface area contributed by atoms with E-state index in [1.165, 1.54) is 0 Å². The van der Waals surface area contributed by atoms with Gasteiger partial charge in [0.05, 0.1) is 13.2 Å². The lowest BCUT2D eigenvalue weighted by Crippen LogP contribution is -2.46. The van der Waals surface area contributed by atoms with Crippen LogP contribution in [0.15, 0.2) is 30.3 Å². The maximum atomic E-state index is 12.5. The summed E-state index contributed by atoms with van der Waals surface area (Å²) in [4.78, 5) is 25.0. The van der Waals surface area contributed by atoms with E-state index >= 15 is 0 Å². The molecule has 112 valence electrons. The van der Waals surface area contributed by atoms with Crippen LogP contribution in [0.5, 0.6) is 0 Å². The Bertz CT molecular complexity index is 519. The van der Waals surface area contributed by atoms with Gasteiger partial charge in [-0.05, 0) is 26.3 Å². The first-order chi connectivity index (χ1) is 10.1. The second-order valence-electron chi connectivity index (χ2n) is 4.32. The van der Waals surface area contributed by atoms with E-state index in [-0.39, 0.29) is 19.6 Å². The highest BCUT2D eigenvalue weighted by Gasteiger charge is 2.50. The number of ether oxygens (including phenoxy) is 2. The minimum Gasteiger partial charge on any atom is -0.465 e. The van der Waals surface area contributed by atoms with Gasteiger partial charge in [0, 0.05) is 6.42 Å². The molecule has 0 aliphatic rings. The molecule has 0 radical (unpaired) electrons. The average Bonchev–Trinajstić information content (AvgIpc) is 2.50. The van der Waals surface area contributed by atoms with Crippen molar-refractivity contribution in [2.45, 2.75) is 32.6 Å². The molecule has 1 aromatic rings. The second-order valence-corrected chi connectivity index (χ2v) is 4.32. The first-order valence-corrected chi connectivity index (χ1v) is 6.93. The van der Waals surface area contributed by atoms with Crippen molar-refractivity contribution in [3.8, 4) is 11.8 Å². The molecule has 0 saturated heterocycles. The van der Waals surface area contributed by atoms with Gasteiger partial charge in [-0.15, -0.1) is 11.8 Å². The third-order valence-electron chi connectivity index (χ3n) is 3.04. The van der Waals surface area contributed by atoms with Gasteiger partial charge in [-0.2, -0.15) is 0 Å². The Morgan fingerprint density at radius 1 is 1.05 bits per heavy atom. The zero-order chi connectivity index (χ0) is 15.7. The van der Waals surface area contributed by atoms with Crippen LogP contribution in [-0.4, -0.2) is 25.2 Å². The molecule has 0 heterocycles. The van der Waals surface area contributed by atoms with Crippen LogP contribution in [-0.2, 0) is 24.5 Å². The van der Waals surface area contributed by atoms with E-state index in [0.717, 1.165) is 0 Å². The molecule has 0 spiro atoms. The van der Waals surface area contributed by atoms with Crippen molar-refractivity contribution >= 4 is 11.9 Å². The van der Waals surface area contributed by atoms with Crippen molar-refractivity contribution < 1.29 is 19.1 Å². The molecule has 0 aliphatic heterocycles. The first kappa shape index (κ1) is 16.8. The van der Waals surface area contributed by atoms with E-state index in [1.807, 2.05) is 6.07 Å². The minimum absolute atomic E-state index is 0.0329. The van der Waals surface area contributed by atoms with Gasteiger partial charge in [0.25, 0.3) is 0 Å². The van der Waals surface area contributed by atoms with Crippen LogP contribution < -0.4 is 0 Å². The topological polar surface area (TPSA) is 52.6 Å². The molecule has 0 saturated carbocycles. The predicted molar refractivity (Wildman–Crippen MR) is 79.5 cm³/mol. The van der Waals surface area contributed by atoms with Crippen LogP contribution in [0, 0.1) is 11.8 Å². The largest absolute Gasteiger partial charge is 0.465 e. The summed E-state index contributed by atoms with van der Waals surface area (Å²) >= 11 is 0. The molecular weight excluding hydrogens is 268 g/mol. The van der Waals surface area contributed by atoms with E-state index in [1.54, 1.807) is 45.0 Å².